The number of benzene rings is 1. The maximum absolute atomic E-state index is 4.48. The van der Waals surface area contributed by atoms with Crippen molar-refractivity contribution in [2.75, 3.05) is 11.9 Å². The van der Waals surface area contributed by atoms with Crippen LogP contribution in [0.1, 0.15) is 5.56 Å². The molecule has 0 fully saturated rings. The van der Waals surface area contributed by atoms with E-state index in [-0.39, 0.29) is 0 Å². The van der Waals surface area contributed by atoms with Crippen molar-refractivity contribution >= 4 is 16.9 Å². The molecule has 4 nitrogen and oxygen atoms in total. The van der Waals surface area contributed by atoms with Gasteiger partial charge in [0.2, 0.25) is 5.95 Å². The van der Waals surface area contributed by atoms with Crippen LogP contribution in [0.4, 0.5) is 5.95 Å². The Morgan fingerprint density at radius 2 is 2.05 bits per heavy atom. The Kier molecular flexibility index (Phi) is 3.46. The van der Waals surface area contributed by atoms with Crippen LogP contribution >= 0.6 is 0 Å². The maximum Gasteiger partial charge on any atom is 0.203 e. The Hall–Kier alpha value is -2.62. The monoisotopic (exact) mass is 264 g/mol. The molecule has 2 aromatic heterocycles. The van der Waals surface area contributed by atoms with Crippen LogP contribution in [-0.4, -0.2) is 21.1 Å². The lowest BCUT2D eigenvalue weighted by Gasteiger charge is -2.10. The highest BCUT2D eigenvalue weighted by molar-refractivity contribution is 5.81. The Morgan fingerprint density at radius 3 is 2.95 bits per heavy atom. The summed E-state index contributed by atoms with van der Waals surface area (Å²) < 4.78 is 2.08. The third kappa shape index (κ3) is 2.40. The molecular formula is C16H16N4. The third-order valence-electron chi connectivity index (χ3n) is 3.18. The van der Waals surface area contributed by atoms with Crippen molar-refractivity contribution in [3.63, 3.8) is 0 Å². The second-order valence-electron chi connectivity index (χ2n) is 4.54. The molecule has 0 unspecified atom stereocenters. The van der Waals surface area contributed by atoms with Gasteiger partial charge in [0.15, 0.2) is 0 Å². The van der Waals surface area contributed by atoms with Crippen molar-refractivity contribution in [2.45, 2.75) is 6.54 Å². The fourth-order valence-corrected chi connectivity index (χ4v) is 2.25. The van der Waals surface area contributed by atoms with Gasteiger partial charge in [0, 0.05) is 30.5 Å². The number of pyridine rings is 1. The van der Waals surface area contributed by atoms with Gasteiger partial charge in [-0.1, -0.05) is 30.3 Å². The van der Waals surface area contributed by atoms with Crippen LogP contribution in [-0.2, 0) is 6.54 Å². The minimum absolute atomic E-state index is 0.699. The van der Waals surface area contributed by atoms with Gasteiger partial charge in [-0.15, -0.1) is 6.58 Å². The van der Waals surface area contributed by atoms with Gasteiger partial charge in [-0.05, 0) is 11.6 Å². The molecule has 4 heteroatoms. The van der Waals surface area contributed by atoms with E-state index in [9.17, 15) is 0 Å². The van der Waals surface area contributed by atoms with Gasteiger partial charge >= 0.3 is 0 Å². The quantitative estimate of drug-likeness (QED) is 0.720. The zero-order valence-electron chi connectivity index (χ0n) is 11.2. The molecule has 0 radical (unpaired) electrons. The summed E-state index contributed by atoms with van der Waals surface area (Å²) in [4.78, 5) is 8.80. The van der Waals surface area contributed by atoms with Crippen molar-refractivity contribution in [1.82, 2.24) is 14.5 Å². The van der Waals surface area contributed by atoms with Gasteiger partial charge in [-0.3, -0.25) is 4.98 Å². The van der Waals surface area contributed by atoms with Crippen molar-refractivity contribution in [1.29, 1.82) is 0 Å². The molecule has 3 rings (SSSR count). The number of anilines is 1. The van der Waals surface area contributed by atoms with Crippen LogP contribution < -0.4 is 5.32 Å². The summed E-state index contributed by atoms with van der Waals surface area (Å²) >= 11 is 0. The molecule has 0 amide bonds. The van der Waals surface area contributed by atoms with E-state index in [4.69, 9.17) is 0 Å². The normalized spacial score (nSPS) is 10.6. The molecule has 0 atom stereocenters. The van der Waals surface area contributed by atoms with Gasteiger partial charge in [0.1, 0.15) is 0 Å². The standard InChI is InChI=1S/C16H16N4/c1-2-8-18-16-19-10-11-20(16)12-14-6-3-5-13-7-4-9-17-15(13)14/h2-7,9-11H,1,8,12H2,(H,18,19). The van der Waals surface area contributed by atoms with Crippen LogP contribution in [0.25, 0.3) is 10.9 Å². The van der Waals surface area contributed by atoms with E-state index in [0.717, 1.165) is 23.4 Å². The van der Waals surface area contributed by atoms with E-state index in [1.165, 1.54) is 5.56 Å². The number of para-hydroxylation sites is 1. The van der Waals surface area contributed by atoms with Crippen LogP contribution in [0, 0.1) is 0 Å². The number of hydrogen-bond acceptors (Lipinski definition) is 3. The summed E-state index contributed by atoms with van der Waals surface area (Å²) in [6, 6.07) is 10.3. The molecule has 100 valence electrons. The number of hydrogen-bond donors (Lipinski definition) is 1. The van der Waals surface area contributed by atoms with E-state index in [2.05, 4.69) is 50.7 Å². The first-order valence-electron chi connectivity index (χ1n) is 6.57. The summed E-state index contributed by atoms with van der Waals surface area (Å²) in [7, 11) is 0. The van der Waals surface area contributed by atoms with Crippen LogP contribution in [0.5, 0.6) is 0 Å². The molecule has 0 spiro atoms. The molecule has 0 aliphatic rings. The molecule has 0 aliphatic carbocycles. The Balaban J connectivity index is 1.93. The predicted octanol–water partition coefficient (Wildman–Crippen LogP) is 3.08. The van der Waals surface area contributed by atoms with Gasteiger partial charge < -0.3 is 9.88 Å². The molecular weight excluding hydrogens is 248 g/mol. The highest BCUT2D eigenvalue weighted by atomic mass is 15.2. The number of aromatic nitrogens is 3. The number of nitrogens with zero attached hydrogens (tertiary/aromatic N) is 3. The first kappa shape index (κ1) is 12.4. The van der Waals surface area contributed by atoms with Crippen molar-refractivity contribution in [3.05, 3.63) is 67.1 Å². The summed E-state index contributed by atoms with van der Waals surface area (Å²) in [5.41, 5.74) is 2.22. The maximum atomic E-state index is 4.48. The zero-order valence-corrected chi connectivity index (χ0v) is 11.2. The second-order valence-corrected chi connectivity index (χ2v) is 4.54. The minimum atomic E-state index is 0.699. The van der Waals surface area contributed by atoms with Crippen LogP contribution in [0.3, 0.4) is 0 Å². The molecule has 0 aliphatic heterocycles. The largest absolute Gasteiger partial charge is 0.352 e. The predicted molar refractivity (Wildman–Crippen MR) is 81.8 cm³/mol. The molecule has 0 saturated carbocycles. The molecule has 1 N–H and O–H groups in total. The number of imidazole rings is 1. The highest BCUT2D eigenvalue weighted by Gasteiger charge is 2.06. The van der Waals surface area contributed by atoms with Crippen molar-refractivity contribution in [2.24, 2.45) is 0 Å². The van der Waals surface area contributed by atoms with Gasteiger partial charge in [0.05, 0.1) is 12.1 Å². The first-order chi connectivity index (χ1) is 9.88. The van der Waals surface area contributed by atoms with Crippen LogP contribution in [0.2, 0.25) is 0 Å². The molecule has 0 bridgehead atoms. The van der Waals surface area contributed by atoms with Crippen molar-refractivity contribution < 1.29 is 0 Å². The van der Waals surface area contributed by atoms with Gasteiger partial charge in [-0.2, -0.15) is 0 Å². The minimum Gasteiger partial charge on any atom is -0.352 e. The van der Waals surface area contributed by atoms with Crippen LogP contribution in [0.15, 0.2) is 61.6 Å². The number of fused-ring (bicyclic) bond motifs is 1. The summed E-state index contributed by atoms with van der Waals surface area (Å²) in [5, 5.41) is 4.38. The average molecular weight is 264 g/mol. The fourth-order valence-electron chi connectivity index (χ4n) is 2.25. The summed E-state index contributed by atoms with van der Waals surface area (Å²) in [6.45, 7) is 5.15. The summed E-state index contributed by atoms with van der Waals surface area (Å²) in [6.07, 6.45) is 7.41. The lowest BCUT2D eigenvalue weighted by atomic mass is 10.1. The molecule has 0 saturated heterocycles. The Bertz CT molecular complexity index is 725. The number of nitrogens with one attached hydrogen (secondary N) is 1. The van der Waals surface area contributed by atoms with E-state index in [0.29, 0.717) is 6.54 Å². The smallest absolute Gasteiger partial charge is 0.203 e. The Morgan fingerprint density at radius 1 is 1.15 bits per heavy atom. The zero-order chi connectivity index (χ0) is 13.8. The van der Waals surface area contributed by atoms with E-state index < -0.39 is 0 Å². The fraction of sp³-hybridized carbons (Fsp3) is 0.125. The van der Waals surface area contributed by atoms with E-state index in [1.54, 1.807) is 6.20 Å². The van der Waals surface area contributed by atoms with Gasteiger partial charge in [-0.25, -0.2) is 4.98 Å². The molecule has 20 heavy (non-hydrogen) atoms. The lowest BCUT2D eigenvalue weighted by molar-refractivity contribution is 0.806. The highest BCUT2D eigenvalue weighted by Crippen LogP contribution is 2.18. The van der Waals surface area contributed by atoms with Gasteiger partial charge in [0.25, 0.3) is 0 Å². The van der Waals surface area contributed by atoms with E-state index in [1.807, 2.05) is 24.5 Å². The average Bonchev–Trinajstić information content (AvgIpc) is 2.93. The lowest BCUT2D eigenvalue weighted by Crippen LogP contribution is -2.08. The van der Waals surface area contributed by atoms with Crippen molar-refractivity contribution in [3.8, 4) is 0 Å². The molecule has 3 aromatic rings. The number of rotatable bonds is 5. The third-order valence-corrected chi connectivity index (χ3v) is 3.18. The second kappa shape index (κ2) is 5.57. The molecule has 1 aromatic carbocycles. The first-order valence-corrected chi connectivity index (χ1v) is 6.57. The topological polar surface area (TPSA) is 42.7 Å². The SMILES string of the molecule is C=CCNc1nccn1Cc1cccc2cccnc12. The summed E-state index contributed by atoms with van der Waals surface area (Å²) in [5.74, 6) is 0.845. The molecule has 2 heterocycles. The van der Waals surface area contributed by atoms with E-state index >= 15 is 0 Å². The Labute approximate surface area is 117 Å².